The van der Waals surface area contributed by atoms with E-state index in [1.807, 2.05) is 0 Å². The monoisotopic (exact) mass is 117 g/mol. The van der Waals surface area contributed by atoms with E-state index in [1.165, 1.54) is 0 Å². The minimum Gasteiger partial charge on any atom is -0.146 e. The first-order valence-electron chi connectivity index (χ1n) is 2.80. The van der Waals surface area contributed by atoms with E-state index in [-0.39, 0.29) is 0 Å². The van der Waals surface area contributed by atoms with E-state index in [0.717, 1.165) is 18.0 Å². The average Bonchev–Trinajstić information content (AvgIpc) is 2.24. The molecule has 8 heavy (non-hydrogen) atoms. The first kappa shape index (κ1) is 7.63. The normalized spacial score (nSPS) is 19.6. The van der Waals surface area contributed by atoms with Crippen molar-refractivity contribution in [2.45, 2.75) is 12.8 Å². The quantitative estimate of drug-likeness (QED) is 0.345. The summed E-state index contributed by atoms with van der Waals surface area (Å²) in [4.78, 5) is 0. The molecule has 0 saturated carbocycles. The fourth-order valence-electron chi connectivity index (χ4n) is 0.679. The minimum absolute atomic E-state index is 0.653. The van der Waals surface area contributed by atoms with E-state index >= 15 is 0 Å². The molecule has 1 nitrogen and oxygen atoms in total. The summed E-state index contributed by atoms with van der Waals surface area (Å²) in [6, 6.07) is 0. The lowest BCUT2D eigenvalue weighted by molar-refractivity contribution is 0.0574. The highest BCUT2D eigenvalue weighted by atomic mass is 19.2. The maximum atomic E-state index is 11.8. The van der Waals surface area contributed by atoms with Gasteiger partial charge in [0.2, 0.25) is 0 Å². The SMILES string of the molecule is C=C.FN1CCCC1. The Kier molecular flexibility index (Phi) is 4.56. The third kappa shape index (κ3) is 2.75. The molecular weight excluding hydrogens is 105 g/mol. The maximum absolute atomic E-state index is 11.8. The molecule has 0 bridgehead atoms. The van der Waals surface area contributed by atoms with Crippen molar-refractivity contribution in [1.82, 2.24) is 5.12 Å². The molecular formula is C6H12FN. The standard InChI is InChI=1S/C4H8FN.C2H4/c5-6-3-1-2-4-6;1-2/h1-4H2;1-2H2. The van der Waals surface area contributed by atoms with Gasteiger partial charge in [0.05, 0.1) is 0 Å². The van der Waals surface area contributed by atoms with Crippen LogP contribution in [0.5, 0.6) is 0 Å². The predicted molar refractivity (Wildman–Crippen MR) is 33.2 cm³/mol. The van der Waals surface area contributed by atoms with Crippen LogP contribution in [-0.2, 0) is 0 Å². The molecule has 1 aliphatic rings. The third-order valence-corrected chi connectivity index (χ3v) is 1.05. The second-order valence-corrected chi connectivity index (χ2v) is 1.62. The van der Waals surface area contributed by atoms with E-state index < -0.39 is 0 Å². The van der Waals surface area contributed by atoms with Crippen LogP contribution in [0.4, 0.5) is 4.48 Å². The highest BCUT2D eigenvalue weighted by Gasteiger charge is 2.07. The van der Waals surface area contributed by atoms with Crippen molar-refractivity contribution >= 4 is 0 Å². The number of nitrogens with zero attached hydrogens (tertiary/aromatic N) is 1. The fraction of sp³-hybridized carbons (Fsp3) is 0.667. The molecule has 0 atom stereocenters. The van der Waals surface area contributed by atoms with Crippen molar-refractivity contribution in [3.8, 4) is 0 Å². The summed E-state index contributed by atoms with van der Waals surface area (Å²) < 4.78 is 11.8. The second-order valence-electron chi connectivity index (χ2n) is 1.62. The molecule has 1 fully saturated rings. The van der Waals surface area contributed by atoms with Crippen LogP contribution in [-0.4, -0.2) is 18.2 Å². The Morgan fingerprint density at radius 2 is 1.50 bits per heavy atom. The number of rotatable bonds is 0. The molecule has 0 N–H and O–H groups in total. The Balaban J connectivity index is 0.000000222. The van der Waals surface area contributed by atoms with Crippen molar-refractivity contribution in [2.24, 2.45) is 0 Å². The molecule has 0 unspecified atom stereocenters. The molecule has 1 aliphatic heterocycles. The highest BCUT2D eigenvalue weighted by Crippen LogP contribution is 2.05. The molecule has 1 saturated heterocycles. The topological polar surface area (TPSA) is 3.24 Å². The molecule has 1 rings (SSSR count). The molecule has 2 heteroatoms. The molecule has 0 aromatic carbocycles. The Labute approximate surface area is 49.7 Å². The lowest BCUT2D eigenvalue weighted by Gasteiger charge is -1.94. The van der Waals surface area contributed by atoms with Crippen LogP contribution in [0.25, 0.3) is 0 Å². The summed E-state index contributed by atoms with van der Waals surface area (Å²) in [7, 11) is 0. The summed E-state index contributed by atoms with van der Waals surface area (Å²) in [5, 5.41) is 0.861. The Hall–Kier alpha value is -0.370. The first-order chi connectivity index (χ1) is 3.89. The van der Waals surface area contributed by atoms with Crippen LogP contribution in [0.15, 0.2) is 13.2 Å². The Morgan fingerprint density at radius 1 is 1.12 bits per heavy atom. The van der Waals surface area contributed by atoms with E-state index in [1.54, 1.807) is 0 Å². The fourth-order valence-corrected chi connectivity index (χ4v) is 0.679. The summed E-state index contributed by atoms with van der Waals surface area (Å²) >= 11 is 0. The van der Waals surface area contributed by atoms with Crippen LogP contribution >= 0.6 is 0 Å². The van der Waals surface area contributed by atoms with E-state index in [4.69, 9.17) is 0 Å². The van der Waals surface area contributed by atoms with Gasteiger partial charge < -0.3 is 0 Å². The zero-order valence-corrected chi connectivity index (χ0v) is 5.07. The largest absolute Gasteiger partial charge is 0.146 e. The van der Waals surface area contributed by atoms with Gasteiger partial charge in [-0.3, -0.25) is 0 Å². The molecule has 1 heterocycles. The molecule has 48 valence electrons. The smallest absolute Gasteiger partial charge is 0.0290 e. The summed E-state index contributed by atoms with van der Waals surface area (Å²) in [6.45, 7) is 7.31. The van der Waals surface area contributed by atoms with Crippen molar-refractivity contribution in [3.05, 3.63) is 13.2 Å². The minimum atomic E-state index is 0.653. The number of hydrogen-bond donors (Lipinski definition) is 0. The lowest BCUT2D eigenvalue weighted by atomic mass is 10.4. The van der Waals surface area contributed by atoms with Crippen molar-refractivity contribution in [1.29, 1.82) is 0 Å². The summed E-state index contributed by atoms with van der Waals surface area (Å²) in [5.74, 6) is 0. The van der Waals surface area contributed by atoms with Gasteiger partial charge >= 0.3 is 0 Å². The maximum Gasteiger partial charge on any atom is 0.0290 e. The summed E-state index contributed by atoms with van der Waals surface area (Å²) in [6.07, 6.45) is 2.08. The van der Waals surface area contributed by atoms with Crippen LogP contribution < -0.4 is 0 Å². The highest BCUT2D eigenvalue weighted by molar-refractivity contribution is 4.55. The number of halogens is 1. The third-order valence-electron chi connectivity index (χ3n) is 1.05. The average molecular weight is 117 g/mol. The van der Waals surface area contributed by atoms with Crippen LogP contribution in [0.3, 0.4) is 0 Å². The van der Waals surface area contributed by atoms with Crippen LogP contribution in [0, 0.1) is 0 Å². The zero-order valence-electron chi connectivity index (χ0n) is 5.07. The Morgan fingerprint density at radius 3 is 1.62 bits per heavy atom. The zero-order chi connectivity index (χ0) is 6.41. The number of hydrogen-bond acceptors (Lipinski definition) is 1. The molecule has 0 spiro atoms. The van der Waals surface area contributed by atoms with E-state index in [9.17, 15) is 4.48 Å². The Bertz CT molecular complexity index is 50.5. The molecule has 0 aromatic rings. The van der Waals surface area contributed by atoms with Gasteiger partial charge in [-0.2, -0.15) is 0 Å². The van der Waals surface area contributed by atoms with Gasteiger partial charge in [0, 0.05) is 13.1 Å². The van der Waals surface area contributed by atoms with Crippen molar-refractivity contribution < 1.29 is 4.48 Å². The molecule has 0 aliphatic carbocycles. The van der Waals surface area contributed by atoms with Gasteiger partial charge in [-0.05, 0) is 12.8 Å². The van der Waals surface area contributed by atoms with Gasteiger partial charge in [-0.15, -0.1) is 22.8 Å². The van der Waals surface area contributed by atoms with Gasteiger partial charge in [0.15, 0.2) is 0 Å². The molecule has 0 amide bonds. The first-order valence-corrected chi connectivity index (χ1v) is 2.80. The van der Waals surface area contributed by atoms with Gasteiger partial charge in [0.1, 0.15) is 0 Å². The van der Waals surface area contributed by atoms with Crippen molar-refractivity contribution in [2.75, 3.05) is 13.1 Å². The van der Waals surface area contributed by atoms with Gasteiger partial charge in [-0.25, -0.2) is 0 Å². The second kappa shape index (κ2) is 4.78. The molecule has 0 aromatic heterocycles. The summed E-state index contributed by atoms with van der Waals surface area (Å²) in [5.41, 5.74) is 0. The predicted octanol–water partition coefficient (Wildman–Crippen LogP) is 1.77. The van der Waals surface area contributed by atoms with Crippen molar-refractivity contribution in [3.63, 3.8) is 0 Å². The molecule has 0 radical (unpaired) electrons. The van der Waals surface area contributed by atoms with Gasteiger partial charge in [0.25, 0.3) is 0 Å². The van der Waals surface area contributed by atoms with Gasteiger partial charge in [-0.1, -0.05) is 0 Å². The van der Waals surface area contributed by atoms with Crippen LogP contribution in [0.2, 0.25) is 0 Å². The van der Waals surface area contributed by atoms with E-state index in [2.05, 4.69) is 13.2 Å². The lowest BCUT2D eigenvalue weighted by Crippen LogP contribution is -2.04. The van der Waals surface area contributed by atoms with Crippen LogP contribution in [0.1, 0.15) is 12.8 Å². The van der Waals surface area contributed by atoms with E-state index in [0.29, 0.717) is 13.1 Å².